The molecule has 116 valence electrons. The largest absolute Gasteiger partial charge is 0.481 e. The Labute approximate surface area is 112 Å². The Morgan fingerprint density at radius 3 is 2.20 bits per heavy atom. The number of urea groups is 1. The zero-order valence-electron chi connectivity index (χ0n) is 10.6. The number of amides is 2. The number of carboxylic acid groups (broad SMARTS) is 2. The van der Waals surface area contributed by atoms with Crippen LogP contribution in [0, 0.1) is 0 Å². The van der Waals surface area contributed by atoms with E-state index in [4.69, 9.17) is 10.2 Å². The molecule has 0 aliphatic carbocycles. The summed E-state index contributed by atoms with van der Waals surface area (Å²) >= 11 is 0. The van der Waals surface area contributed by atoms with E-state index >= 15 is 0 Å². The molecule has 0 bridgehead atoms. The van der Waals surface area contributed by atoms with E-state index in [1.54, 1.807) is 0 Å². The fourth-order valence-corrected chi connectivity index (χ4v) is 1.18. The summed E-state index contributed by atoms with van der Waals surface area (Å²) in [5, 5.41) is 19.2. The van der Waals surface area contributed by atoms with Crippen molar-refractivity contribution in [3.63, 3.8) is 0 Å². The molecule has 0 saturated heterocycles. The van der Waals surface area contributed by atoms with Crippen LogP contribution in [0.25, 0.3) is 0 Å². The zero-order valence-corrected chi connectivity index (χ0v) is 10.6. The minimum Gasteiger partial charge on any atom is -0.481 e. The second-order valence-electron chi connectivity index (χ2n) is 4.06. The van der Waals surface area contributed by atoms with Gasteiger partial charge in [-0.15, -0.1) is 0 Å². The Kier molecular flexibility index (Phi) is 6.80. The van der Waals surface area contributed by atoms with Crippen molar-refractivity contribution in [3.05, 3.63) is 0 Å². The van der Waals surface area contributed by atoms with Gasteiger partial charge in [0.15, 0.2) is 0 Å². The molecular formula is C10H15F3N2O5. The maximum Gasteiger partial charge on any atom is 0.390 e. The number of hydrogen-bond acceptors (Lipinski definition) is 3. The van der Waals surface area contributed by atoms with E-state index in [-0.39, 0.29) is 6.42 Å². The van der Waals surface area contributed by atoms with Crippen LogP contribution < -0.4 is 5.32 Å². The summed E-state index contributed by atoms with van der Waals surface area (Å²) in [5.41, 5.74) is 0. The SMILES string of the molecule is CN(CCC(F)(F)F)C(=O)NC(CCC(=O)O)C(=O)O. The number of carbonyl (C=O) groups is 3. The average molecular weight is 300 g/mol. The molecule has 0 aliphatic heterocycles. The molecule has 1 atom stereocenters. The molecule has 0 aromatic heterocycles. The van der Waals surface area contributed by atoms with Crippen LogP contribution in [0.2, 0.25) is 0 Å². The van der Waals surface area contributed by atoms with Crippen molar-refractivity contribution >= 4 is 18.0 Å². The molecule has 0 aromatic rings. The van der Waals surface area contributed by atoms with Crippen LogP contribution in [0.1, 0.15) is 19.3 Å². The molecule has 0 saturated carbocycles. The minimum atomic E-state index is -4.43. The summed E-state index contributed by atoms with van der Waals surface area (Å²) in [6, 6.07) is -2.47. The lowest BCUT2D eigenvalue weighted by atomic mass is 10.1. The number of rotatable bonds is 7. The van der Waals surface area contributed by atoms with Crippen LogP contribution in [-0.2, 0) is 9.59 Å². The Bertz CT molecular complexity index is 372. The number of alkyl halides is 3. The van der Waals surface area contributed by atoms with Gasteiger partial charge in [-0.2, -0.15) is 13.2 Å². The molecule has 7 nitrogen and oxygen atoms in total. The van der Waals surface area contributed by atoms with Crippen molar-refractivity contribution in [2.75, 3.05) is 13.6 Å². The molecule has 0 heterocycles. The van der Waals surface area contributed by atoms with Gasteiger partial charge in [0.25, 0.3) is 0 Å². The molecule has 3 N–H and O–H groups in total. The first-order valence-electron chi connectivity index (χ1n) is 5.56. The van der Waals surface area contributed by atoms with Crippen LogP contribution in [0.15, 0.2) is 0 Å². The highest BCUT2D eigenvalue weighted by Gasteiger charge is 2.29. The lowest BCUT2D eigenvalue weighted by Gasteiger charge is -2.21. The number of nitrogens with one attached hydrogen (secondary N) is 1. The second-order valence-corrected chi connectivity index (χ2v) is 4.06. The Hall–Kier alpha value is -2.00. The van der Waals surface area contributed by atoms with E-state index in [1.165, 1.54) is 0 Å². The van der Waals surface area contributed by atoms with Crippen LogP contribution in [0.4, 0.5) is 18.0 Å². The fraction of sp³-hybridized carbons (Fsp3) is 0.700. The molecule has 0 radical (unpaired) electrons. The average Bonchev–Trinajstić information content (AvgIpc) is 2.29. The van der Waals surface area contributed by atoms with Gasteiger partial charge in [0.05, 0.1) is 6.42 Å². The second kappa shape index (κ2) is 7.56. The van der Waals surface area contributed by atoms with Gasteiger partial charge >= 0.3 is 24.1 Å². The highest BCUT2D eigenvalue weighted by molar-refractivity contribution is 5.82. The van der Waals surface area contributed by atoms with Crippen molar-refractivity contribution in [2.24, 2.45) is 0 Å². The van der Waals surface area contributed by atoms with Gasteiger partial charge < -0.3 is 20.4 Å². The van der Waals surface area contributed by atoms with Crippen molar-refractivity contribution < 1.29 is 37.8 Å². The summed E-state index contributed by atoms with van der Waals surface area (Å²) in [6.07, 6.45) is -6.49. The Balaban J connectivity index is 4.37. The normalized spacial score (nSPS) is 12.6. The maximum absolute atomic E-state index is 12.0. The number of nitrogens with zero attached hydrogens (tertiary/aromatic N) is 1. The third-order valence-corrected chi connectivity index (χ3v) is 2.32. The van der Waals surface area contributed by atoms with Gasteiger partial charge in [-0.25, -0.2) is 9.59 Å². The smallest absolute Gasteiger partial charge is 0.390 e. The van der Waals surface area contributed by atoms with E-state index < -0.39 is 49.6 Å². The summed E-state index contributed by atoms with van der Waals surface area (Å²) < 4.78 is 35.9. The van der Waals surface area contributed by atoms with Crippen LogP contribution in [0.5, 0.6) is 0 Å². The molecule has 2 amide bonds. The lowest BCUT2D eigenvalue weighted by molar-refractivity contribution is -0.141. The van der Waals surface area contributed by atoms with Gasteiger partial charge in [0.2, 0.25) is 0 Å². The standard InChI is InChI=1S/C10H15F3N2O5/c1-15(5-4-10(11,12)13)9(20)14-6(8(18)19)2-3-7(16)17/h6H,2-5H2,1H3,(H,14,20)(H,16,17)(H,18,19). The fourth-order valence-electron chi connectivity index (χ4n) is 1.18. The molecule has 0 aliphatic rings. The van der Waals surface area contributed by atoms with E-state index in [1.807, 2.05) is 5.32 Å². The first-order valence-corrected chi connectivity index (χ1v) is 5.56. The molecule has 0 spiro atoms. The maximum atomic E-state index is 12.0. The van der Waals surface area contributed by atoms with Crippen molar-refractivity contribution in [2.45, 2.75) is 31.5 Å². The van der Waals surface area contributed by atoms with Crippen LogP contribution >= 0.6 is 0 Å². The predicted molar refractivity (Wildman–Crippen MR) is 60.1 cm³/mol. The highest BCUT2D eigenvalue weighted by atomic mass is 19.4. The number of halogens is 3. The predicted octanol–water partition coefficient (Wildman–Crippen LogP) is 0.898. The summed E-state index contributed by atoms with van der Waals surface area (Å²) in [4.78, 5) is 33.2. The van der Waals surface area contributed by atoms with Crippen molar-refractivity contribution in [1.82, 2.24) is 10.2 Å². The zero-order chi connectivity index (χ0) is 15.9. The van der Waals surface area contributed by atoms with E-state index in [2.05, 4.69) is 0 Å². The lowest BCUT2D eigenvalue weighted by Crippen LogP contribution is -2.47. The number of aliphatic carboxylic acids is 2. The molecule has 1 unspecified atom stereocenters. The van der Waals surface area contributed by atoms with E-state index in [0.29, 0.717) is 4.90 Å². The first-order chi connectivity index (χ1) is 9.03. The van der Waals surface area contributed by atoms with Gasteiger partial charge in [-0.1, -0.05) is 0 Å². The van der Waals surface area contributed by atoms with Crippen LogP contribution in [-0.4, -0.2) is 58.9 Å². The van der Waals surface area contributed by atoms with E-state index in [9.17, 15) is 27.6 Å². The Morgan fingerprint density at radius 1 is 1.25 bits per heavy atom. The molecule has 20 heavy (non-hydrogen) atoms. The van der Waals surface area contributed by atoms with Gasteiger partial charge in [0.1, 0.15) is 6.04 Å². The monoisotopic (exact) mass is 300 g/mol. The number of carbonyl (C=O) groups excluding carboxylic acids is 1. The quantitative estimate of drug-likeness (QED) is 0.647. The molecule has 0 fully saturated rings. The molecule has 10 heteroatoms. The van der Waals surface area contributed by atoms with E-state index in [0.717, 1.165) is 7.05 Å². The third-order valence-electron chi connectivity index (χ3n) is 2.32. The minimum absolute atomic E-state index is 0.358. The van der Waals surface area contributed by atoms with Gasteiger partial charge in [0, 0.05) is 20.0 Å². The van der Waals surface area contributed by atoms with Crippen molar-refractivity contribution in [1.29, 1.82) is 0 Å². The third kappa shape index (κ3) is 8.16. The topological polar surface area (TPSA) is 107 Å². The van der Waals surface area contributed by atoms with Crippen molar-refractivity contribution in [3.8, 4) is 0 Å². The summed E-state index contributed by atoms with van der Waals surface area (Å²) in [6.45, 7) is -0.624. The van der Waals surface area contributed by atoms with Gasteiger partial charge in [-0.3, -0.25) is 4.79 Å². The number of carboxylic acids is 2. The Morgan fingerprint density at radius 2 is 1.80 bits per heavy atom. The molecule has 0 rings (SSSR count). The molecule has 0 aromatic carbocycles. The summed E-state index contributed by atoms with van der Waals surface area (Å²) in [7, 11) is 1.08. The summed E-state index contributed by atoms with van der Waals surface area (Å²) in [5.74, 6) is -2.69. The highest BCUT2D eigenvalue weighted by Crippen LogP contribution is 2.19. The molecular weight excluding hydrogens is 285 g/mol. The number of hydrogen-bond donors (Lipinski definition) is 3. The first kappa shape index (κ1) is 18.0. The van der Waals surface area contributed by atoms with Crippen LogP contribution in [0.3, 0.4) is 0 Å². The van der Waals surface area contributed by atoms with Gasteiger partial charge in [-0.05, 0) is 6.42 Å².